The molecule has 1 fully saturated rings. The molecule has 0 unspecified atom stereocenters. The van der Waals surface area contributed by atoms with E-state index in [9.17, 15) is 4.79 Å². The smallest absolute Gasteiger partial charge is 0.240 e. The predicted molar refractivity (Wildman–Crippen MR) is 112 cm³/mol. The number of aryl methyl sites for hydroxylation is 1. The maximum atomic E-state index is 13.2. The van der Waals surface area contributed by atoms with Crippen LogP contribution in [0.25, 0.3) is 11.4 Å². The van der Waals surface area contributed by atoms with Gasteiger partial charge in [-0.05, 0) is 30.9 Å². The number of aromatic nitrogens is 3. The number of carbonyl (C=O) groups excluding carboxylic acids is 1. The lowest BCUT2D eigenvalue weighted by Crippen LogP contribution is -2.31. The van der Waals surface area contributed by atoms with Crippen LogP contribution in [0.2, 0.25) is 0 Å². The highest BCUT2D eigenvalue weighted by Crippen LogP contribution is 2.37. The maximum absolute atomic E-state index is 13.2. The molecule has 3 aromatic rings. The van der Waals surface area contributed by atoms with Crippen LogP contribution < -0.4 is 0 Å². The van der Waals surface area contributed by atoms with Gasteiger partial charge in [-0.1, -0.05) is 66.4 Å². The van der Waals surface area contributed by atoms with Crippen molar-refractivity contribution >= 4 is 17.7 Å². The van der Waals surface area contributed by atoms with Gasteiger partial charge in [0.25, 0.3) is 0 Å². The summed E-state index contributed by atoms with van der Waals surface area (Å²) in [7, 11) is 1.96. The van der Waals surface area contributed by atoms with Crippen LogP contribution in [0.15, 0.2) is 59.8 Å². The highest BCUT2D eigenvalue weighted by Gasteiger charge is 2.30. The minimum Gasteiger partial charge on any atom is -0.341 e. The molecule has 1 amide bonds. The predicted octanol–water partition coefficient (Wildman–Crippen LogP) is 4.25. The van der Waals surface area contributed by atoms with E-state index in [4.69, 9.17) is 0 Å². The number of hydrogen-bond donors (Lipinski definition) is 0. The lowest BCUT2D eigenvalue weighted by Gasteiger charge is -2.22. The Balaban J connectivity index is 1.66. The van der Waals surface area contributed by atoms with E-state index in [2.05, 4.69) is 29.3 Å². The zero-order valence-electron chi connectivity index (χ0n) is 16.2. The molecule has 1 aliphatic rings. The van der Waals surface area contributed by atoms with Crippen molar-refractivity contribution in [2.24, 2.45) is 7.05 Å². The Labute approximate surface area is 169 Å². The molecular formula is C22H24N4OS. The van der Waals surface area contributed by atoms with Crippen LogP contribution in [-0.2, 0) is 11.8 Å². The SMILES string of the molecule is Cc1ccccc1-c1nnc(S[C@H](C(=O)N2CCCC2)c2ccccc2)n1C. The Morgan fingerprint density at radius 3 is 2.39 bits per heavy atom. The lowest BCUT2D eigenvalue weighted by atomic mass is 10.1. The molecule has 0 spiro atoms. The van der Waals surface area contributed by atoms with Gasteiger partial charge in [-0.25, -0.2) is 0 Å². The van der Waals surface area contributed by atoms with Crippen LogP contribution >= 0.6 is 11.8 Å². The summed E-state index contributed by atoms with van der Waals surface area (Å²) in [5, 5.41) is 9.27. The van der Waals surface area contributed by atoms with Gasteiger partial charge >= 0.3 is 0 Å². The summed E-state index contributed by atoms with van der Waals surface area (Å²) in [5.41, 5.74) is 3.22. The highest BCUT2D eigenvalue weighted by molar-refractivity contribution is 8.00. The van der Waals surface area contributed by atoms with E-state index in [-0.39, 0.29) is 11.2 Å². The monoisotopic (exact) mass is 392 g/mol. The standard InChI is InChI=1S/C22H24N4OS/c1-16-10-6-7-13-18(16)20-23-24-22(25(20)2)28-19(17-11-4-3-5-12-17)21(27)26-14-8-9-15-26/h3-7,10-13,19H,8-9,14-15H2,1-2H3/t19-/m0/s1. The van der Waals surface area contributed by atoms with E-state index >= 15 is 0 Å². The van der Waals surface area contributed by atoms with E-state index in [0.29, 0.717) is 0 Å². The molecule has 1 saturated heterocycles. The van der Waals surface area contributed by atoms with Crippen LogP contribution in [-0.4, -0.2) is 38.7 Å². The second kappa shape index (κ2) is 8.19. The molecule has 0 N–H and O–H groups in total. The van der Waals surface area contributed by atoms with Gasteiger partial charge in [0.15, 0.2) is 11.0 Å². The third kappa shape index (κ3) is 3.69. The van der Waals surface area contributed by atoms with Gasteiger partial charge in [-0.15, -0.1) is 10.2 Å². The van der Waals surface area contributed by atoms with E-state index in [0.717, 1.165) is 53.6 Å². The molecule has 144 valence electrons. The summed E-state index contributed by atoms with van der Waals surface area (Å²) in [5.74, 6) is 0.982. The number of thioether (sulfide) groups is 1. The first-order chi connectivity index (χ1) is 13.6. The highest BCUT2D eigenvalue weighted by atomic mass is 32.2. The maximum Gasteiger partial charge on any atom is 0.240 e. The van der Waals surface area contributed by atoms with Crippen molar-refractivity contribution in [3.63, 3.8) is 0 Å². The first-order valence-corrected chi connectivity index (χ1v) is 10.5. The van der Waals surface area contributed by atoms with Gasteiger partial charge in [-0.3, -0.25) is 4.79 Å². The molecule has 0 saturated carbocycles. The number of hydrogen-bond acceptors (Lipinski definition) is 4. The quantitative estimate of drug-likeness (QED) is 0.609. The number of rotatable bonds is 5. The molecule has 6 heteroatoms. The van der Waals surface area contributed by atoms with E-state index in [1.165, 1.54) is 11.8 Å². The van der Waals surface area contributed by atoms with Crippen LogP contribution in [0.5, 0.6) is 0 Å². The Morgan fingerprint density at radius 1 is 1.00 bits per heavy atom. The van der Waals surface area contributed by atoms with E-state index in [1.54, 1.807) is 0 Å². The van der Waals surface area contributed by atoms with Crippen molar-refractivity contribution < 1.29 is 4.79 Å². The molecule has 0 radical (unpaired) electrons. The Hall–Kier alpha value is -2.60. The Morgan fingerprint density at radius 2 is 1.68 bits per heavy atom. The van der Waals surface area contributed by atoms with Crippen molar-refractivity contribution in [3.05, 3.63) is 65.7 Å². The molecule has 5 nitrogen and oxygen atoms in total. The van der Waals surface area contributed by atoms with Gasteiger partial charge in [0.1, 0.15) is 5.25 Å². The first kappa shape index (κ1) is 18.7. The molecule has 0 aliphatic carbocycles. The first-order valence-electron chi connectivity index (χ1n) is 9.61. The normalized spacial score (nSPS) is 15.0. The Kier molecular flexibility index (Phi) is 5.48. The second-order valence-electron chi connectivity index (χ2n) is 7.12. The van der Waals surface area contributed by atoms with Crippen LogP contribution in [0, 0.1) is 6.92 Å². The fourth-order valence-electron chi connectivity index (χ4n) is 3.57. The topological polar surface area (TPSA) is 51.0 Å². The minimum absolute atomic E-state index is 0.161. The van der Waals surface area contributed by atoms with Crippen LogP contribution in [0.1, 0.15) is 29.2 Å². The third-order valence-electron chi connectivity index (χ3n) is 5.19. The zero-order chi connectivity index (χ0) is 19.5. The average molecular weight is 393 g/mol. The van der Waals surface area contributed by atoms with Crippen molar-refractivity contribution in [3.8, 4) is 11.4 Å². The minimum atomic E-state index is -0.313. The Bertz CT molecular complexity index is 964. The number of carbonyl (C=O) groups is 1. The third-order valence-corrected chi connectivity index (χ3v) is 6.46. The molecule has 2 aromatic carbocycles. The molecule has 1 aliphatic heterocycles. The number of likely N-dealkylation sites (tertiary alicyclic amines) is 1. The number of nitrogens with zero attached hydrogens (tertiary/aromatic N) is 4. The summed E-state index contributed by atoms with van der Waals surface area (Å²) >= 11 is 1.48. The second-order valence-corrected chi connectivity index (χ2v) is 8.19. The fraction of sp³-hybridized carbons (Fsp3) is 0.318. The zero-order valence-corrected chi connectivity index (χ0v) is 17.0. The van der Waals surface area contributed by atoms with Gasteiger partial charge in [-0.2, -0.15) is 0 Å². The molecule has 1 aromatic heterocycles. The summed E-state index contributed by atoms with van der Waals surface area (Å²) in [6.45, 7) is 3.76. The average Bonchev–Trinajstić information content (AvgIpc) is 3.37. The summed E-state index contributed by atoms with van der Waals surface area (Å²) in [6, 6.07) is 18.1. The molecule has 28 heavy (non-hydrogen) atoms. The molecule has 2 heterocycles. The van der Waals surface area contributed by atoms with Gasteiger partial charge in [0, 0.05) is 25.7 Å². The van der Waals surface area contributed by atoms with E-state index < -0.39 is 0 Å². The molecule has 1 atom stereocenters. The van der Waals surface area contributed by atoms with Crippen LogP contribution in [0.3, 0.4) is 0 Å². The van der Waals surface area contributed by atoms with Crippen molar-refractivity contribution in [2.75, 3.05) is 13.1 Å². The van der Waals surface area contributed by atoms with Crippen molar-refractivity contribution in [1.82, 2.24) is 19.7 Å². The number of benzene rings is 2. The van der Waals surface area contributed by atoms with Gasteiger partial charge in [0.2, 0.25) is 5.91 Å². The fourth-order valence-corrected chi connectivity index (χ4v) is 4.66. The number of amides is 1. The van der Waals surface area contributed by atoms with Gasteiger partial charge in [0.05, 0.1) is 0 Å². The summed E-state index contributed by atoms with van der Waals surface area (Å²) in [4.78, 5) is 15.2. The summed E-state index contributed by atoms with van der Waals surface area (Å²) in [6.07, 6.45) is 2.17. The van der Waals surface area contributed by atoms with Crippen LogP contribution in [0.4, 0.5) is 0 Å². The molecular weight excluding hydrogens is 368 g/mol. The van der Waals surface area contributed by atoms with Crippen molar-refractivity contribution in [1.29, 1.82) is 0 Å². The molecule has 4 rings (SSSR count). The largest absolute Gasteiger partial charge is 0.341 e. The summed E-state index contributed by atoms with van der Waals surface area (Å²) < 4.78 is 1.99. The lowest BCUT2D eigenvalue weighted by molar-refractivity contribution is -0.129. The van der Waals surface area contributed by atoms with E-state index in [1.807, 2.05) is 59.0 Å². The van der Waals surface area contributed by atoms with Crippen molar-refractivity contribution in [2.45, 2.75) is 30.2 Å². The van der Waals surface area contributed by atoms with Gasteiger partial charge < -0.3 is 9.47 Å². The molecule has 0 bridgehead atoms.